The fraction of sp³-hybridized carbons (Fsp3) is 0.636. The van der Waals surface area contributed by atoms with Gasteiger partial charge in [0.05, 0.1) is 11.0 Å². The summed E-state index contributed by atoms with van der Waals surface area (Å²) in [5.74, 6) is 0.358. The molecular weight excluding hydrogens is 322 g/mol. The Morgan fingerprint density at radius 1 is 1.65 bits per heavy atom. The summed E-state index contributed by atoms with van der Waals surface area (Å²) in [7, 11) is -2.83. The van der Waals surface area contributed by atoms with E-state index < -0.39 is 9.84 Å². The molecule has 96 valence electrons. The number of nitrogens with one attached hydrogen (secondary N) is 1. The molecule has 0 spiro atoms. The fourth-order valence-corrected chi connectivity index (χ4v) is 5.63. The van der Waals surface area contributed by atoms with Gasteiger partial charge in [0.15, 0.2) is 9.84 Å². The summed E-state index contributed by atoms with van der Waals surface area (Å²) in [5, 5.41) is 5.17. The summed E-state index contributed by atoms with van der Waals surface area (Å²) >= 11 is 5.18. The van der Waals surface area contributed by atoms with E-state index in [9.17, 15) is 8.42 Å². The SMILES string of the molecule is CC(NCC1CCCS1(=O)=O)c1sccc1Br. The van der Waals surface area contributed by atoms with E-state index in [-0.39, 0.29) is 11.3 Å². The maximum Gasteiger partial charge on any atom is 0.154 e. The van der Waals surface area contributed by atoms with Crippen molar-refractivity contribution in [2.45, 2.75) is 31.1 Å². The number of hydrogen-bond acceptors (Lipinski definition) is 4. The monoisotopic (exact) mass is 337 g/mol. The highest BCUT2D eigenvalue weighted by atomic mass is 79.9. The maximum atomic E-state index is 11.7. The largest absolute Gasteiger partial charge is 0.308 e. The third-order valence-electron chi connectivity index (χ3n) is 3.15. The molecule has 1 fully saturated rings. The molecule has 1 aromatic rings. The van der Waals surface area contributed by atoms with Crippen molar-refractivity contribution in [1.82, 2.24) is 5.32 Å². The lowest BCUT2D eigenvalue weighted by Gasteiger charge is -2.16. The van der Waals surface area contributed by atoms with Crippen LogP contribution in [0.15, 0.2) is 15.9 Å². The van der Waals surface area contributed by atoms with E-state index in [1.807, 2.05) is 11.4 Å². The Morgan fingerprint density at radius 3 is 2.94 bits per heavy atom. The second-order valence-electron chi connectivity index (χ2n) is 4.39. The summed E-state index contributed by atoms with van der Waals surface area (Å²) in [5.41, 5.74) is 0. The zero-order chi connectivity index (χ0) is 12.5. The highest BCUT2D eigenvalue weighted by Gasteiger charge is 2.31. The lowest BCUT2D eigenvalue weighted by molar-refractivity contribution is 0.541. The molecule has 1 aromatic heterocycles. The molecule has 2 atom stereocenters. The van der Waals surface area contributed by atoms with E-state index in [0.29, 0.717) is 12.3 Å². The Balaban J connectivity index is 1.93. The average molecular weight is 338 g/mol. The maximum absolute atomic E-state index is 11.7. The van der Waals surface area contributed by atoms with Crippen LogP contribution in [-0.4, -0.2) is 26.0 Å². The van der Waals surface area contributed by atoms with Crippen LogP contribution in [0.1, 0.15) is 30.7 Å². The first-order chi connectivity index (χ1) is 8.00. The van der Waals surface area contributed by atoms with Gasteiger partial charge in [-0.05, 0) is 47.1 Å². The van der Waals surface area contributed by atoms with Gasteiger partial charge in [-0.25, -0.2) is 8.42 Å². The van der Waals surface area contributed by atoms with Crippen LogP contribution in [0.3, 0.4) is 0 Å². The van der Waals surface area contributed by atoms with Crippen molar-refractivity contribution in [2.24, 2.45) is 0 Å². The summed E-state index contributed by atoms with van der Waals surface area (Å²) < 4.78 is 24.5. The molecule has 17 heavy (non-hydrogen) atoms. The Bertz CT molecular complexity index is 483. The molecule has 0 radical (unpaired) electrons. The number of hydrogen-bond donors (Lipinski definition) is 1. The van der Waals surface area contributed by atoms with E-state index in [1.54, 1.807) is 11.3 Å². The van der Waals surface area contributed by atoms with Crippen molar-refractivity contribution < 1.29 is 8.42 Å². The molecule has 0 aliphatic carbocycles. The van der Waals surface area contributed by atoms with E-state index in [1.165, 1.54) is 4.88 Å². The van der Waals surface area contributed by atoms with Crippen LogP contribution in [0, 0.1) is 0 Å². The summed E-state index contributed by atoms with van der Waals surface area (Å²) in [6, 6.07) is 2.21. The van der Waals surface area contributed by atoms with Crippen LogP contribution in [-0.2, 0) is 9.84 Å². The summed E-state index contributed by atoms with van der Waals surface area (Å²) in [4.78, 5) is 1.22. The Morgan fingerprint density at radius 2 is 2.41 bits per heavy atom. The smallest absolute Gasteiger partial charge is 0.154 e. The van der Waals surface area contributed by atoms with Gasteiger partial charge < -0.3 is 5.32 Å². The zero-order valence-electron chi connectivity index (χ0n) is 9.65. The van der Waals surface area contributed by atoms with Gasteiger partial charge in [0.2, 0.25) is 0 Å². The predicted molar refractivity (Wildman–Crippen MR) is 75.2 cm³/mol. The molecule has 1 aliphatic rings. The van der Waals surface area contributed by atoms with Gasteiger partial charge in [0, 0.05) is 21.9 Å². The van der Waals surface area contributed by atoms with E-state index in [4.69, 9.17) is 0 Å². The van der Waals surface area contributed by atoms with Crippen LogP contribution in [0.5, 0.6) is 0 Å². The van der Waals surface area contributed by atoms with Gasteiger partial charge in [-0.2, -0.15) is 0 Å². The molecule has 2 unspecified atom stereocenters. The molecule has 6 heteroatoms. The van der Waals surface area contributed by atoms with Crippen LogP contribution in [0.25, 0.3) is 0 Å². The molecule has 2 rings (SSSR count). The minimum absolute atomic E-state index is 0.191. The Hall–Kier alpha value is 0.0900. The summed E-state index contributed by atoms with van der Waals surface area (Å²) in [6.07, 6.45) is 1.61. The topological polar surface area (TPSA) is 46.2 Å². The first kappa shape index (κ1) is 13.5. The van der Waals surface area contributed by atoms with E-state index >= 15 is 0 Å². The highest BCUT2D eigenvalue weighted by Crippen LogP contribution is 2.29. The predicted octanol–water partition coefficient (Wildman–Crippen LogP) is 2.74. The second kappa shape index (κ2) is 5.38. The molecule has 0 aromatic carbocycles. The molecule has 0 saturated carbocycles. The second-order valence-corrected chi connectivity index (χ2v) is 8.60. The minimum atomic E-state index is -2.83. The lowest BCUT2D eigenvalue weighted by Crippen LogP contribution is -2.32. The Kier molecular flexibility index (Phi) is 4.28. The van der Waals surface area contributed by atoms with Crippen molar-refractivity contribution in [3.63, 3.8) is 0 Å². The average Bonchev–Trinajstić information content (AvgIpc) is 2.81. The van der Waals surface area contributed by atoms with Crippen LogP contribution >= 0.6 is 27.3 Å². The van der Waals surface area contributed by atoms with Crippen molar-refractivity contribution in [3.8, 4) is 0 Å². The van der Waals surface area contributed by atoms with Gasteiger partial charge in [-0.3, -0.25) is 0 Å². The normalized spacial score (nSPS) is 24.9. The summed E-state index contributed by atoms with van der Waals surface area (Å²) in [6.45, 7) is 2.63. The number of thiophene rings is 1. The van der Waals surface area contributed by atoms with Crippen molar-refractivity contribution >= 4 is 37.1 Å². The number of sulfone groups is 1. The molecule has 2 heterocycles. The number of rotatable bonds is 4. The quantitative estimate of drug-likeness (QED) is 0.918. The zero-order valence-corrected chi connectivity index (χ0v) is 12.9. The standard InChI is InChI=1S/C11H16BrNO2S2/c1-8(11-10(12)4-5-16-11)13-7-9-3-2-6-17(9,14)15/h4-5,8-9,13H,2-3,6-7H2,1H3. The fourth-order valence-electron chi connectivity index (χ4n) is 2.10. The van der Waals surface area contributed by atoms with Crippen LogP contribution in [0.2, 0.25) is 0 Å². The van der Waals surface area contributed by atoms with Crippen LogP contribution < -0.4 is 5.32 Å². The minimum Gasteiger partial charge on any atom is -0.308 e. The van der Waals surface area contributed by atoms with Gasteiger partial charge in [0.1, 0.15) is 0 Å². The van der Waals surface area contributed by atoms with Gasteiger partial charge >= 0.3 is 0 Å². The molecule has 3 nitrogen and oxygen atoms in total. The first-order valence-electron chi connectivity index (χ1n) is 5.68. The molecule has 1 N–H and O–H groups in total. The van der Waals surface area contributed by atoms with E-state index in [0.717, 1.165) is 17.3 Å². The van der Waals surface area contributed by atoms with Crippen molar-refractivity contribution in [1.29, 1.82) is 0 Å². The molecule has 0 bridgehead atoms. The van der Waals surface area contributed by atoms with Gasteiger partial charge in [0.25, 0.3) is 0 Å². The third-order valence-corrected chi connectivity index (χ3v) is 7.48. The van der Waals surface area contributed by atoms with Crippen molar-refractivity contribution in [2.75, 3.05) is 12.3 Å². The molecule has 0 amide bonds. The molecule has 1 saturated heterocycles. The highest BCUT2D eigenvalue weighted by molar-refractivity contribution is 9.10. The molecule has 1 aliphatic heterocycles. The van der Waals surface area contributed by atoms with Crippen LogP contribution in [0.4, 0.5) is 0 Å². The lowest BCUT2D eigenvalue weighted by atomic mass is 10.2. The van der Waals surface area contributed by atoms with E-state index in [2.05, 4.69) is 28.2 Å². The van der Waals surface area contributed by atoms with Gasteiger partial charge in [-0.15, -0.1) is 11.3 Å². The van der Waals surface area contributed by atoms with Gasteiger partial charge in [-0.1, -0.05) is 0 Å². The first-order valence-corrected chi connectivity index (χ1v) is 9.07. The Labute approximate surface area is 115 Å². The van der Waals surface area contributed by atoms with Crippen molar-refractivity contribution in [3.05, 3.63) is 20.8 Å². The third kappa shape index (κ3) is 3.10. The molecular formula is C11H16BrNO2S2. The number of halogens is 1.